The molecule has 0 atom stereocenters. The van der Waals surface area contributed by atoms with Crippen LogP contribution >= 0.6 is 0 Å². The Morgan fingerprint density at radius 1 is 0.708 bits per heavy atom. The van der Waals surface area contributed by atoms with Gasteiger partial charge >= 0.3 is 0 Å². The van der Waals surface area contributed by atoms with Crippen molar-refractivity contribution in [3.8, 4) is 0 Å². The topological polar surface area (TPSA) is 0 Å². The molecule has 0 aromatic heterocycles. The molecule has 0 heteroatoms. The van der Waals surface area contributed by atoms with E-state index in [1.165, 1.54) is 69.8 Å². The van der Waals surface area contributed by atoms with Crippen molar-refractivity contribution < 1.29 is 0 Å². The van der Waals surface area contributed by atoms with E-state index in [0.717, 1.165) is 30.1 Å². The van der Waals surface area contributed by atoms with Gasteiger partial charge in [0.1, 0.15) is 0 Å². The number of hydrogen-bond acceptors (Lipinski definition) is 0. The van der Waals surface area contributed by atoms with Crippen molar-refractivity contribution in [2.24, 2.45) is 17.8 Å². The second kappa shape index (κ2) is 9.07. The van der Waals surface area contributed by atoms with Crippen LogP contribution in [0, 0.1) is 17.8 Å². The molecule has 3 rings (SSSR count). The Hall–Kier alpha value is -0.780. The highest BCUT2D eigenvalue weighted by atomic mass is 14.3. The molecule has 2 saturated carbocycles. The van der Waals surface area contributed by atoms with Crippen molar-refractivity contribution in [1.82, 2.24) is 0 Å². The molecule has 0 heterocycles. The molecular formula is C24H38. The van der Waals surface area contributed by atoms with Crippen molar-refractivity contribution in [2.45, 2.75) is 96.8 Å². The molecule has 24 heavy (non-hydrogen) atoms. The number of rotatable bonds is 6. The third kappa shape index (κ3) is 4.87. The molecular weight excluding hydrogens is 288 g/mol. The van der Waals surface area contributed by atoms with Gasteiger partial charge in [-0.3, -0.25) is 0 Å². The van der Waals surface area contributed by atoms with Crippen LogP contribution in [0.25, 0.3) is 0 Å². The minimum atomic E-state index is 0.840. The summed E-state index contributed by atoms with van der Waals surface area (Å²) in [5, 5.41) is 0. The molecule has 2 fully saturated rings. The zero-order valence-corrected chi connectivity index (χ0v) is 16.1. The van der Waals surface area contributed by atoms with Crippen LogP contribution in [0.3, 0.4) is 0 Å². The molecule has 0 unspecified atom stereocenters. The SMILES string of the molecule is CCCC1CCC(CC2CCC(c3ccc(CC)cc3)CC2)CC1. The van der Waals surface area contributed by atoms with E-state index in [-0.39, 0.29) is 0 Å². The van der Waals surface area contributed by atoms with Crippen molar-refractivity contribution >= 4 is 0 Å². The standard InChI is InChI=1S/C24H38/c1-3-5-20-6-8-21(9-7-20)18-22-12-16-24(17-13-22)23-14-10-19(4-2)11-15-23/h10-11,14-15,20-22,24H,3-9,12-13,16-18H2,1-2H3. The first-order valence-electron chi connectivity index (χ1n) is 10.9. The molecule has 1 aromatic rings. The molecule has 134 valence electrons. The number of aryl methyl sites for hydroxylation is 1. The van der Waals surface area contributed by atoms with E-state index in [0.29, 0.717) is 0 Å². The molecule has 2 aliphatic rings. The van der Waals surface area contributed by atoms with Crippen LogP contribution < -0.4 is 0 Å². The lowest BCUT2D eigenvalue weighted by Crippen LogP contribution is -2.20. The second-order valence-electron chi connectivity index (χ2n) is 8.72. The highest BCUT2D eigenvalue weighted by Crippen LogP contribution is 2.41. The predicted octanol–water partition coefficient (Wildman–Crippen LogP) is 7.52. The van der Waals surface area contributed by atoms with Crippen LogP contribution in [0.15, 0.2) is 24.3 Å². The summed E-state index contributed by atoms with van der Waals surface area (Å²) in [5.74, 6) is 3.99. The third-order valence-corrected chi connectivity index (χ3v) is 7.04. The third-order valence-electron chi connectivity index (χ3n) is 7.04. The maximum absolute atomic E-state index is 2.40. The fourth-order valence-electron chi connectivity index (χ4n) is 5.39. The Morgan fingerprint density at radius 3 is 1.79 bits per heavy atom. The largest absolute Gasteiger partial charge is 0.0654 e. The van der Waals surface area contributed by atoms with E-state index in [1.54, 1.807) is 12.0 Å². The van der Waals surface area contributed by atoms with Gasteiger partial charge in [0.05, 0.1) is 0 Å². The molecule has 0 amide bonds. The van der Waals surface area contributed by atoms with Crippen molar-refractivity contribution in [3.05, 3.63) is 35.4 Å². The first-order chi connectivity index (χ1) is 11.8. The summed E-state index contributed by atoms with van der Waals surface area (Å²) in [4.78, 5) is 0. The fourth-order valence-corrected chi connectivity index (χ4v) is 5.39. The summed E-state index contributed by atoms with van der Waals surface area (Å²) >= 11 is 0. The number of benzene rings is 1. The summed E-state index contributed by atoms with van der Waals surface area (Å²) in [7, 11) is 0. The lowest BCUT2D eigenvalue weighted by molar-refractivity contribution is 0.200. The van der Waals surface area contributed by atoms with Crippen molar-refractivity contribution in [3.63, 3.8) is 0 Å². The lowest BCUT2D eigenvalue weighted by Gasteiger charge is -2.34. The monoisotopic (exact) mass is 326 g/mol. The summed E-state index contributed by atoms with van der Waals surface area (Å²) in [6, 6.07) is 9.49. The van der Waals surface area contributed by atoms with E-state index in [9.17, 15) is 0 Å². The lowest BCUT2D eigenvalue weighted by atomic mass is 9.72. The van der Waals surface area contributed by atoms with Crippen LogP contribution in [0.5, 0.6) is 0 Å². The minimum absolute atomic E-state index is 0.840. The van der Waals surface area contributed by atoms with E-state index in [2.05, 4.69) is 38.1 Å². The van der Waals surface area contributed by atoms with Gasteiger partial charge in [-0.2, -0.15) is 0 Å². The Balaban J connectivity index is 1.40. The van der Waals surface area contributed by atoms with E-state index >= 15 is 0 Å². The highest BCUT2D eigenvalue weighted by molar-refractivity contribution is 5.25. The summed E-state index contributed by atoms with van der Waals surface area (Å²) in [6.45, 7) is 4.59. The smallest absolute Gasteiger partial charge is 0.0162 e. The fraction of sp³-hybridized carbons (Fsp3) is 0.750. The van der Waals surface area contributed by atoms with E-state index < -0.39 is 0 Å². The van der Waals surface area contributed by atoms with Crippen LogP contribution in [-0.4, -0.2) is 0 Å². The first kappa shape index (κ1) is 18.0. The van der Waals surface area contributed by atoms with Gasteiger partial charge in [0.15, 0.2) is 0 Å². The molecule has 2 aliphatic carbocycles. The summed E-state index contributed by atoms with van der Waals surface area (Å²) in [5.41, 5.74) is 3.08. The molecule has 0 aliphatic heterocycles. The normalized spacial score (nSPS) is 31.1. The Kier molecular flexibility index (Phi) is 6.81. The van der Waals surface area contributed by atoms with Crippen LogP contribution in [0.1, 0.15) is 102 Å². The van der Waals surface area contributed by atoms with Crippen molar-refractivity contribution in [1.29, 1.82) is 0 Å². The second-order valence-corrected chi connectivity index (χ2v) is 8.72. The average Bonchev–Trinajstić information content (AvgIpc) is 2.64. The maximum atomic E-state index is 2.40. The highest BCUT2D eigenvalue weighted by Gasteiger charge is 2.27. The van der Waals surface area contributed by atoms with E-state index in [4.69, 9.17) is 0 Å². The van der Waals surface area contributed by atoms with Gasteiger partial charge in [0.25, 0.3) is 0 Å². The van der Waals surface area contributed by atoms with Crippen LogP contribution in [0.4, 0.5) is 0 Å². The van der Waals surface area contributed by atoms with E-state index in [1.807, 2.05) is 0 Å². The average molecular weight is 327 g/mol. The zero-order chi connectivity index (χ0) is 16.8. The molecule has 0 spiro atoms. The molecule has 0 saturated heterocycles. The van der Waals surface area contributed by atoms with Gasteiger partial charge in [-0.05, 0) is 73.3 Å². The van der Waals surface area contributed by atoms with Gasteiger partial charge in [-0.1, -0.05) is 76.6 Å². The van der Waals surface area contributed by atoms with Gasteiger partial charge in [0.2, 0.25) is 0 Å². The Morgan fingerprint density at radius 2 is 1.25 bits per heavy atom. The van der Waals surface area contributed by atoms with Gasteiger partial charge in [-0.25, -0.2) is 0 Å². The Labute approximate surface area is 150 Å². The summed E-state index contributed by atoms with van der Waals surface area (Å²) in [6.07, 6.45) is 17.5. The molecule has 0 nitrogen and oxygen atoms in total. The van der Waals surface area contributed by atoms with Gasteiger partial charge < -0.3 is 0 Å². The molecule has 0 N–H and O–H groups in total. The minimum Gasteiger partial charge on any atom is -0.0654 e. The maximum Gasteiger partial charge on any atom is -0.0162 e. The summed E-state index contributed by atoms with van der Waals surface area (Å²) < 4.78 is 0. The first-order valence-corrected chi connectivity index (χ1v) is 10.9. The quantitative estimate of drug-likeness (QED) is 0.507. The molecule has 0 bridgehead atoms. The number of hydrogen-bond donors (Lipinski definition) is 0. The zero-order valence-electron chi connectivity index (χ0n) is 16.1. The van der Waals surface area contributed by atoms with Crippen LogP contribution in [-0.2, 0) is 6.42 Å². The Bertz CT molecular complexity index is 455. The van der Waals surface area contributed by atoms with Crippen molar-refractivity contribution in [2.75, 3.05) is 0 Å². The van der Waals surface area contributed by atoms with Gasteiger partial charge in [0, 0.05) is 0 Å². The van der Waals surface area contributed by atoms with Gasteiger partial charge in [-0.15, -0.1) is 0 Å². The molecule has 0 radical (unpaired) electrons. The van der Waals surface area contributed by atoms with Crippen LogP contribution in [0.2, 0.25) is 0 Å². The predicted molar refractivity (Wildman–Crippen MR) is 105 cm³/mol. The molecule has 1 aromatic carbocycles.